The van der Waals surface area contributed by atoms with Gasteiger partial charge in [0.25, 0.3) is 0 Å². The van der Waals surface area contributed by atoms with Crippen LogP contribution in [0.3, 0.4) is 0 Å². The van der Waals surface area contributed by atoms with Crippen molar-refractivity contribution in [2.24, 2.45) is 4.99 Å². The third-order valence-corrected chi connectivity index (χ3v) is 4.79. The summed E-state index contributed by atoms with van der Waals surface area (Å²) in [4.78, 5) is 5.87. The first-order chi connectivity index (χ1) is 8.99. The van der Waals surface area contributed by atoms with Crippen LogP contribution < -0.4 is 5.32 Å². The molecule has 0 aliphatic carbocycles. The van der Waals surface area contributed by atoms with Crippen molar-refractivity contribution in [2.75, 3.05) is 5.32 Å². The quantitative estimate of drug-likeness (QED) is 0.787. The Morgan fingerprint density at radius 1 is 1.21 bits per heavy atom. The second-order valence-electron chi connectivity index (χ2n) is 4.46. The van der Waals surface area contributed by atoms with Crippen molar-refractivity contribution in [1.82, 2.24) is 0 Å². The second kappa shape index (κ2) is 5.78. The lowest BCUT2D eigenvalue weighted by atomic mass is 9.94. The minimum Gasteiger partial charge on any atom is -0.335 e. The van der Waals surface area contributed by atoms with E-state index in [9.17, 15) is 0 Å². The van der Waals surface area contributed by atoms with Gasteiger partial charge < -0.3 is 5.32 Å². The maximum Gasteiger partial charge on any atom is 0.166 e. The van der Waals surface area contributed by atoms with Crippen LogP contribution in [0, 0.1) is 0 Å². The molecule has 0 radical (unpaired) electrons. The molecule has 1 aliphatic rings. The van der Waals surface area contributed by atoms with Crippen LogP contribution in [0.25, 0.3) is 0 Å². The van der Waals surface area contributed by atoms with E-state index < -0.39 is 0 Å². The molecule has 1 heterocycles. The molecule has 1 aliphatic heterocycles. The standard InChI is InChI=1S/C14H16Cl2N2S/c1-4-14(5-2)9(3)19-13(18-14)17-12-7-10(15)6-11(16)8-12/h6-8H,3-5H2,1-2H3,(H,17,18). The predicted octanol–water partition coefficient (Wildman–Crippen LogP) is 5.58. The maximum absolute atomic E-state index is 5.99. The van der Waals surface area contributed by atoms with Crippen LogP contribution in [0.1, 0.15) is 26.7 Å². The van der Waals surface area contributed by atoms with Crippen molar-refractivity contribution in [3.8, 4) is 0 Å². The largest absolute Gasteiger partial charge is 0.335 e. The van der Waals surface area contributed by atoms with Crippen LogP contribution in [-0.4, -0.2) is 10.7 Å². The average Bonchev–Trinajstić information content (AvgIpc) is 2.64. The van der Waals surface area contributed by atoms with Crippen LogP contribution in [-0.2, 0) is 0 Å². The topological polar surface area (TPSA) is 24.4 Å². The van der Waals surface area contributed by atoms with Crippen LogP contribution >= 0.6 is 35.0 Å². The highest BCUT2D eigenvalue weighted by Crippen LogP contribution is 2.43. The lowest BCUT2D eigenvalue weighted by molar-refractivity contribution is 0.496. The van der Waals surface area contributed by atoms with Gasteiger partial charge in [-0.3, -0.25) is 4.99 Å². The van der Waals surface area contributed by atoms with Gasteiger partial charge in [0.15, 0.2) is 5.17 Å². The number of amidine groups is 1. The fourth-order valence-corrected chi connectivity index (χ4v) is 3.77. The summed E-state index contributed by atoms with van der Waals surface area (Å²) in [5.74, 6) is 0. The SMILES string of the molecule is C=C1SC(Nc2cc(Cl)cc(Cl)c2)=NC1(CC)CC. The molecule has 0 saturated carbocycles. The zero-order valence-electron chi connectivity index (χ0n) is 11.0. The van der Waals surface area contributed by atoms with Crippen molar-refractivity contribution in [3.63, 3.8) is 0 Å². The minimum atomic E-state index is -0.143. The number of anilines is 1. The Hall–Kier alpha value is -0.640. The van der Waals surface area contributed by atoms with Crippen LogP contribution in [0.4, 0.5) is 5.69 Å². The first kappa shape index (κ1) is 14.8. The number of nitrogens with zero attached hydrogens (tertiary/aromatic N) is 1. The van der Waals surface area contributed by atoms with Gasteiger partial charge in [-0.15, -0.1) is 0 Å². The van der Waals surface area contributed by atoms with Gasteiger partial charge in [-0.2, -0.15) is 0 Å². The van der Waals surface area contributed by atoms with E-state index in [-0.39, 0.29) is 5.54 Å². The first-order valence-electron chi connectivity index (χ1n) is 6.19. The molecule has 2 nitrogen and oxygen atoms in total. The van der Waals surface area contributed by atoms with Crippen LogP contribution in [0.2, 0.25) is 10.0 Å². The van der Waals surface area contributed by atoms with Gasteiger partial charge in [0.1, 0.15) is 0 Å². The van der Waals surface area contributed by atoms with E-state index in [1.165, 1.54) is 0 Å². The number of hydrogen-bond donors (Lipinski definition) is 1. The lowest BCUT2D eigenvalue weighted by Crippen LogP contribution is -2.22. The van der Waals surface area contributed by atoms with Crippen molar-refractivity contribution in [1.29, 1.82) is 0 Å². The lowest BCUT2D eigenvalue weighted by Gasteiger charge is -2.22. The molecule has 1 aromatic carbocycles. The highest BCUT2D eigenvalue weighted by atomic mass is 35.5. The number of thioether (sulfide) groups is 1. The number of rotatable bonds is 3. The van der Waals surface area contributed by atoms with E-state index in [4.69, 9.17) is 28.2 Å². The maximum atomic E-state index is 5.99. The molecule has 0 saturated heterocycles. The third kappa shape index (κ3) is 3.10. The Labute approximate surface area is 128 Å². The fourth-order valence-electron chi connectivity index (χ4n) is 2.10. The van der Waals surface area contributed by atoms with E-state index in [0.717, 1.165) is 28.6 Å². The second-order valence-corrected chi connectivity index (χ2v) is 6.42. The van der Waals surface area contributed by atoms with E-state index in [0.29, 0.717) is 10.0 Å². The molecule has 19 heavy (non-hydrogen) atoms. The number of aliphatic imine (C=N–C) groups is 1. The summed E-state index contributed by atoms with van der Waals surface area (Å²) in [5.41, 5.74) is 0.703. The smallest absolute Gasteiger partial charge is 0.166 e. The van der Waals surface area contributed by atoms with E-state index >= 15 is 0 Å². The Balaban J connectivity index is 2.23. The molecule has 102 valence electrons. The molecule has 0 fully saturated rings. The summed E-state index contributed by atoms with van der Waals surface area (Å²) in [6.07, 6.45) is 1.91. The molecule has 0 amide bonds. The van der Waals surface area contributed by atoms with Crippen molar-refractivity contribution < 1.29 is 0 Å². The van der Waals surface area contributed by atoms with E-state index in [2.05, 4.69) is 25.7 Å². The molecule has 0 atom stereocenters. The predicted molar refractivity (Wildman–Crippen MR) is 87.6 cm³/mol. The molecule has 0 aromatic heterocycles. The van der Waals surface area contributed by atoms with Gasteiger partial charge in [0, 0.05) is 20.6 Å². The zero-order valence-corrected chi connectivity index (χ0v) is 13.3. The van der Waals surface area contributed by atoms with E-state index in [1.54, 1.807) is 17.8 Å². The Morgan fingerprint density at radius 2 is 1.79 bits per heavy atom. The number of nitrogens with one attached hydrogen (secondary N) is 1. The zero-order chi connectivity index (χ0) is 14.0. The molecule has 1 aromatic rings. The summed E-state index contributed by atoms with van der Waals surface area (Å²) in [6, 6.07) is 5.37. The van der Waals surface area contributed by atoms with Crippen molar-refractivity contribution >= 4 is 45.8 Å². The highest BCUT2D eigenvalue weighted by Gasteiger charge is 2.36. The molecular weight excluding hydrogens is 299 g/mol. The highest BCUT2D eigenvalue weighted by molar-refractivity contribution is 8.17. The van der Waals surface area contributed by atoms with Gasteiger partial charge in [-0.1, -0.05) is 55.4 Å². The van der Waals surface area contributed by atoms with Gasteiger partial charge in [-0.05, 0) is 31.0 Å². The Kier molecular flexibility index (Phi) is 4.49. The number of benzene rings is 1. The van der Waals surface area contributed by atoms with E-state index in [1.807, 2.05) is 12.1 Å². The molecule has 1 N–H and O–H groups in total. The van der Waals surface area contributed by atoms with Gasteiger partial charge >= 0.3 is 0 Å². The Bertz CT molecular complexity index is 516. The third-order valence-electron chi connectivity index (χ3n) is 3.34. The fraction of sp³-hybridized carbons (Fsp3) is 0.357. The summed E-state index contributed by atoms with van der Waals surface area (Å²) >= 11 is 13.6. The molecule has 0 spiro atoms. The normalized spacial score (nSPS) is 17.5. The van der Waals surface area contributed by atoms with Gasteiger partial charge in [-0.25, -0.2) is 0 Å². The molecule has 2 rings (SSSR count). The van der Waals surface area contributed by atoms with Crippen molar-refractivity contribution in [3.05, 3.63) is 39.7 Å². The number of hydrogen-bond acceptors (Lipinski definition) is 3. The molecular formula is C14H16Cl2N2S. The molecule has 0 unspecified atom stereocenters. The average molecular weight is 315 g/mol. The molecule has 5 heteroatoms. The van der Waals surface area contributed by atoms with Gasteiger partial charge in [0.05, 0.1) is 5.54 Å². The van der Waals surface area contributed by atoms with Gasteiger partial charge in [0.2, 0.25) is 0 Å². The molecule has 0 bridgehead atoms. The summed E-state index contributed by atoms with van der Waals surface area (Å²) < 4.78 is 0. The van der Waals surface area contributed by atoms with Crippen LogP contribution in [0.5, 0.6) is 0 Å². The summed E-state index contributed by atoms with van der Waals surface area (Å²) in [6.45, 7) is 8.41. The Morgan fingerprint density at radius 3 is 2.26 bits per heavy atom. The summed E-state index contributed by atoms with van der Waals surface area (Å²) in [5, 5.41) is 5.33. The first-order valence-corrected chi connectivity index (χ1v) is 7.76. The monoisotopic (exact) mass is 314 g/mol. The summed E-state index contributed by atoms with van der Waals surface area (Å²) in [7, 11) is 0. The van der Waals surface area contributed by atoms with Crippen LogP contribution in [0.15, 0.2) is 34.7 Å². The number of halogens is 2. The van der Waals surface area contributed by atoms with Crippen molar-refractivity contribution in [2.45, 2.75) is 32.2 Å². The minimum absolute atomic E-state index is 0.143.